The zero-order valence-corrected chi connectivity index (χ0v) is 14.6. The summed E-state index contributed by atoms with van der Waals surface area (Å²) in [5.41, 5.74) is 1.81. The fraction of sp³-hybridized carbons (Fsp3) is 0.300. The standard InChI is InChI=1S/C20H20FNO5/c21-16-6-2-4-14(10-16)13-3-1-5-15(9-13)20(25)22-17-11-26-8-7-18(17)27-12-19(23)24/h1-6,9-10,17-18H,7-8,11-12H2,(H,22,25)(H,23,24)/t17-,18+/m1/s1. The number of benzene rings is 2. The lowest BCUT2D eigenvalue weighted by Gasteiger charge is -2.31. The van der Waals surface area contributed by atoms with Gasteiger partial charge in [0, 0.05) is 12.2 Å². The highest BCUT2D eigenvalue weighted by molar-refractivity contribution is 5.95. The van der Waals surface area contributed by atoms with Crippen molar-refractivity contribution in [1.82, 2.24) is 5.32 Å². The Hall–Kier alpha value is -2.77. The van der Waals surface area contributed by atoms with Crippen LogP contribution in [-0.2, 0) is 14.3 Å². The van der Waals surface area contributed by atoms with Crippen molar-refractivity contribution in [2.45, 2.75) is 18.6 Å². The number of aliphatic carboxylic acids is 1. The average Bonchev–Trinajstić information content (AvgIpc) is 2.67. The summed E-state index contributed by atoms with van der Waals surface area (Å²) in [6.07, 6.45) is 0.0758. The number of hydrogen-bond acceptors (Lipinski definition) is 4. The smallest absolute Gasteiger partial charge is 0.329 e. The van der Waals surface area contributed by atoms with Gasteiger partial charge in [-0.25, -0.2) is 9.18 Å². The van der Waals surface area contributed by atoms with E-state index in [1.54, 1.807) is 36.4 Å². The Morgan fingerprint density at radius 2 is 1.93 bits per heavy atom. The fourth-order valence-corrected chi connectivity index (χ4v) is 2.99. The van der Waals surface area contributed by atoms with Gasteiger partial charge in [-0.1, -0.05) is 24.3 Å². The van der Waals surface area contributed by atoms with Gasteiger partial charge in [0.15, 0.2) is 0 Å². The van der Waals surface area contributed by atoms with Gasteiger partial charge in [0.1, 0.15) is 12.4 Å². The number of halogens is 1. The summed E-state index contributed by atoms with van der Waals surface area (Å²) in [4.78, 5) is 23.4. The monoisotopic (exact) mass is 373 g/mol. The molecule has 2 aromatic carbocycles. The Balaban J connectivity index is 1.71. The largest absolute Gasteiger partial charge is 0.480 e. The van der Waals surface area contributed by atoms with Crippen LogP contribution in [0.15, 0.2) is 48.5 Å². The van der Waals surface area contributed by atoms with Gasteiger partial charge >= 0.3 is 5.97 Å². The summed E-state index contributed by atoms with van der Waals surface area (Å²) in [7, 11) is 0. The molecule has 6 nitrogen and oxygen atoms in total. The van der Waals surface area contributed by atoms with Crippen LogP contribution in [0.25, 0.3) is 11.1 Å². The molecular weight excluding hydrogens is 353 g/mol. The van der Waals surface area contributed by atoms with Crippen LogP contribution in [0.1, 0.15) is 16.8 Å². The quantitative estimate of drug-likeness (QED) is 0.813. The molecule has 0 spiro atoms. The van der Waals surface area contributed by atoms with Crippen LogP contribution in [0.3, 0.4) is 0 Å². The van der Waals surface area contributed by atoms with Crippen LogP contribution in [0, 0.1) is 5.82 Å². The SMILES string of the molecule is O=C(O)CO[C@H]1CCOC[C@H]1NC(=O)c1cccc(-c2cccc(F)c2)c1. The molecule has 27 heavy (non-hydrogen) atoms. The van der Waals surface area contributed by atoms with E-state index in [0.717, 1.165) is 5.56 Å². The number of carbonyl (C=O) groups excluding carboxylic acids is 1. The van der Waals surface area contributed by atoms with Crippen molar-refractivity contribution in [3.05, 3.63) is 59.9 Å². The van der Waals surface area contributed by atoms with Crippen LogP contribution in [0.5, 0.6) is 0 Å². The molecule has 0 saturated carbocycles. The number of nitrogens with one attached hydrogen (secondary N) is 1. The lowest BCUT2D eigenvalue weighted by Crippen LogP contribution is -2.51. The number of carboxylic acids is 1. The van der Waals surface area contributed by atoms with Gasteiger partial charge in [-0.2, -0.15) is 0 Å². The van der Waals surface area contributed by atoms with E-state index in [2.05, 4.69) is 5.32 Å². The Morgan fingerprint density at radius 1 is 1.19 bits per heavy atom. The number of rotatable bonds is 6. The summed E-state index contributed by atoms with van der Waals surface area (Å²) in [5.74, 6) is -1.73. The van der Waals surface area contributed by atoms with E-state index in [0.29, 0.717) is 24.2 Å². The lowest BCUT2D eigenvalue weighted by atomic mass is 10.0. The van der Waals surface area contributed by atoms with Crippen LogP contribution < -0.4 is 5.32 Å². The Labute approximate surface area is 155 Å². The summed E-state index contributed by atoms with van der Waals surface area (Å²) in [6.45, 7) is 0.275. The predicted molar refractivity (Wildman–Crippen MR) is 95.9 cm³/mol. The Kier molecular flexibility index (Phi) is 6.16. The number of hydrogen-bond donors (Lipinski definition) is 2. The second-order valence-corrected chi connectivity index (χ2v) is 6.28. The first-order valence-corrected chi connectivity index (χ1v) is 8.61. The molecule has 142 valence electrons. The molecule has 2 aromatic rings. The maximum absolute atomic E-state index is 13.4. The molecule has 0 bridgehead atoms. The average molecular weight is 373 g/mol. The number of carboxylic acid groups (broad SMARTS) is 1. The molecule has 1 amide bonds. The molecule has 0 aromatic heterocycles. The molecule has 1 heterocycles. The number of ether oxygens (including phenoxy) is 2. The van der Waals surface area contributed by atoms with E-state index < -0.39 is 24.7 Å². The van der Waals surface area contributed by atoms with Crippen molar-refractivity contribution in [2.24, 2.45) is 0 Å². The van der Waals surface area contributed by atoms with E-state index in [-0.39, 0.29) is 18.3 Å². The third-order valence-electron chi connectivity index (χ3n) is 4.31. The molecule has 3 rings (SSSR count). The van der Waals surface area contributed by atoms with Gasteiger partial charge in [0.05, 0.1) is 18.8 Å². The highest BCUT2D eigenvalue weighted by Gasteiger charge is 2.29. The normalized spacial score (nSPS) is 19.4. The molecule has 0 unspecified atom stereocenters. The number of amides is 1. The minimum absolute atomic E-state index is 0.250. The predicted octanol–water partition coefficient (Wildman–Crippen LogP) is 2.48. The maximum atomic E-state index is 13.4. The molecule has 0 radical (unpaired) electrons. The van der Waals surface area contributed by atoms with E-state index in [1.807, 2.05) is 0 Å². The van der Waals surface area contributed by atoms with Crippen molar-refractivity contribution in [1.29, 1.82) is 0 Å². The Bertz CT molecular complexity index is 826. The van der Waals surface area contributed by atoms with E-state index in [9.17, 15) is 14.0 Å². The molecule has 2 atom stereocenters. The van der Waals surface area contributed by atoms with Crippen molar-refractivity contribution in [3.8, 4) is 11.1 Å². The molecule has 0 aliphatic carbocycles. The van der Waals surface area contributed by atoms with Gasteiger partial charge in [-0.3, -0.25) is 4.79 Å². The van der Waals surface area contributed by atoms with E-state index >= 15 is 0 Å². The molecule has 7 heteroatoms. The third kappa shape index (κ3) is 5.12. The zero-order chi connectivity index (χ0) is 19.2. The van der Waals surface area contributed by atoms with Gasteiger partial charge in [0.25, 0.3) is 5.91 Å². The highest BCUT2D eigenvalue weighted by atomic mass is 19.1. The second kappa shape index (κ2) is 8.75. The highest BCUT2D eigenvalue weighted by Crippen LogP contribution is 2.21. The topological polar surface area (TPSA) is 84.9 Å². The minimum Gasteiger partial charge on any atom is -0.480 e. The molecule has 1 aliphatic rings. The fourth-order valence-electron chi connectivity index (χ4n) is 2.99. The van der Waals surface area contributed by atoms with Gasteiger partial charge < -0.3 is 19.9 Å². The van der Waals surface area contributed by atoms with Crippen molar-refractivity contribution < 1.29 is 28.6 Å². The summed E-state index contributed by atoms with van der Waals surface area (Å²) in [6, 6.07) is 12.6. The van der Waals surface area contributed by atoms with Gasteiger partial charge in [-0.05, 0) is 41.8 Å². The maximum Gasteiger partial charge on any atom is 0.329 e. The summed E-state index contributed by atoms with van der Waals surface area (Å²) >= 11 is 0. The third-order valence-corrected chi connectivity index (χ3v) is 4.31. The van der Waals surface area contributed by atoms with E-state index in [4.69, 9.17) is 14.6 Å². The van der Waals surface area contributed by atoms with Crippen LogP contribution >= 0.6 is 0 Å². The first-order chi connectivity index (χ1) is 13.0. The summed E-state index contributed by atoms with van der Waals surface area (Å²) in [5, 5.41) is 11.6. The van der Waals surface area contributed by atoms with Crippen LogP contribution in [-0.4, -0.2) is 48.9 Å². The lowest BCUT2D eigenvalue weighted by molar-refractivity contribution is -0.147. The first-order valence-electron chi connectivity index (χ1n) is 8.61. The first kappa shape index (κ1) is 19.0. The van der Waals surface area contributed by atoms with Gasteiger partial charge in [-0.15, -0.1) is 0 Å². The number of carbonyl (C=O) groups is 2. The van der Waals surface area contributed by atoms with Crippen LogP contribution in [0.4, 0.5) is 4.39 Å². The second-order valence-electron chi connectivity index (χ2n) is 6.28. The van der Waals surface area contributed by atoms with Crippen LogP contribution in [0.2, 0.25) is 0 Å². The van der Waals surface area contributed by atoms with Crippen molar-refractivity contribution in [3.63, 3.8) is 0 Å². The molecule has 2 N–H and O–H groups in total. The Morgan fingerprint density at radius 3 is 2.67 bits per heavy atom. The molecule has 1 saturated heterocycles. The zero-order valence-electron chi connectivity index (χ0n) is 14.6. The van der Waals surface area contributed by atoms with Crippen molar-refractivity contribution >= 4 is 11.9 Å². The summed E-state index contributed by atoms with van der Waals surface area (Å²) < 4.78 is 24.2. The molecule has 1 aliphatic heterocycles. The van der Waals surface area contributed by atoms with E-state index in [1.165, 1.54) is 12.1 Å². The molecular formula is C20H20FNO5. The minimum atomic E-state index is -1.06. The van der Waals surface area contributed by atoms with Crippen molar-refractivity contribution in [2.75, 3.05) is 19.8 Å². The molecule has 1 fully saturated rings. The van der Waals surface area contributed by atoms with Gasteiger partial charge in [0.2, 0.25) is 0 Å².